The second-order valence-corrected chi connectivity index (χ2v) is 14.3. The van der Waals surface area contributed by atoms with E-state index in [9.17, 15) is 31.9 Å². The lowest BCUT2D eigenvalue weighted by Gasteiger charge is -2.32. The molecule has 3 atom stereocenters. The number of carbonyl (C=O) groups is 2. The molecule has 0 radical (unpaired) electrons. The van der Waals surface area contributed by atoms with E-state index in [4.69, 9.17) is 5.73 Å². The zero-order valence-corrected chi connectivity index (χ0v) is 26.8. The fraction of sp³-hybridized carbons (Fsp3) is 0.576. The van der Waals surface area contributed by atoms with Crippen LogP contribution in [0.3, 0.4) is 0 Å². The van der Waals surface area contributed by atoms with Crippen LogP contribution in [0.4, 0.5) is 8.78 Å². The number of hydrogen-bond acceptors (Lipinski definition) is 6. The Kier molecular flexibility index (Phi) is 13.3. The van der Waals surface area contributed by atoms with Gasteiger partial charge in [0.05, 0.1) is 17.1 Å². The maximum atomic E-state index is 14.2. The average Bonchev–Trinajstić information content (AvgIpc) is 3.81. The largest absolute Gasteiger partial charge is 0.390 e. The first-order chi connectivity index (χ1) is 20.9. The van der Waals surface area contributed by atoms with Crippen LogP contribution in [-0.2, 0) is 38.8 Å². The summed E-state index contributed by atoms with van der Waals surface area (Å²) in [4.78, 5) is 28.4. The molecule has 1 saturated carbocycles. The number of benzene rings is 2. The number of hydrogen-bond donors (Lipinski definition) is 3. The van der Waals surface area contributed by atoms with Crippen molar-refractivity contribution in [2.24, 2.45) is 11.7 Å². The molecule has 1 aliphatic carbocycles. The predicted molar refractivity (Wildman–Crippen MR) is 167 cm³/mol. The van der Waals surface area contributed by atoms with Crippen LogP contribution in [0.1, 0.15) is 76.0 Å². The molecule has 1 fully saturated rings. The van der Waals surface area contributed by atoms with Gasteiger partial charge in [0, 0.05) is 31.1 Å². The molecular formula is C33H47F2N3O5S. The van der Waals surface area contributed by atoms with Gasteiger partial charge in [0.2, 0.25) is 11.8 Å². The molecule has 2 aromatic carbocycles. The van der Waals surface area contributed by atoms with Crippen molar-refractivity contribution < 1.29 is 31.9 Å². The topological polar surface area (TPSA) is 130 Å². The van der Waals surface area contributed by atoms with Gasteiger partial charge < -0.3 is 21.1 Å². The van der Waals surface area contributed by atoms with Gasteiger partial charge in [-0.3, -0.25) is 9.59 Å². The summed E-state index contributed by atoms with van der Waals surface area (Å²) in [6.07, 6.45) is 2.97. The maximum Gasteiger partial charge on any atom is 0.246 e. The highest BCUT2D eigenvalue weighted by Gasteiger charge is 2.38. The van der Waals surface area contributed by atoms with E-state index in [1.54, 1.807) is 0 Å². The fourth-order valence-electron chi connectivity index (χ4n) is 5.44. The summed E-state index contributed by atoms with van der Waals surface area (Å²) in [6.45, 7) is 5.57. The van der Waals surface area contributed by atoms with Crippen LogP contribution in [0.25, 0.3) is 0 Å². The summed E-state index contributed by atoms with van der Waals surface area (Å²) in [7, 11) is -3.77. The molecule has 8 nitrogen and oxygen atoms in total. The molecule has 3 rings (SSSR count). The number of rotatable bonds is 18. The van der Waals surface area contributed by atoms with E-state index >= 15 is 0 Å². The van der Waals surface area contributed by atoms with Gasteiger partial charge in [0.15, 0.2) is 9.84 Å². The third-order valence-corrected chi connectivity index (χ3v) is 10.4. The minimum absolute atomic E-state index is 0.0360. The Bertz CT molecular complexity index is 1340. The number of aryl methyl sites for hydroxylation is 1. The Hall–Kier alpha value is -2.89. The van der Waals surface area contributed by atoms with Crippen molar-refractivity contribution in [2.75, 3.05) is 12.3 Å². The molecule has 44 heavy (non-hydrogen) atoms. The number of aliphatic hydroxyl groups is 1. The summed E-state index contributed by atoms with van der Waals surface area (Å²) >= 11 is 0. The number of amides is 2. The molecule has 0 aliphatic heterocycles. The van der Waals surface area contributed by atoms with Gasteiger partial charge in [-0.25, -0.2) is 17.2 Å². The van der Waals surface area contributed by atoms with Crippen molar-refractivity contribution in [3.8, 4) is 0 Å². The Labute approximate surface area is 260 Å². The Morgan fingerprint density at radius 2 is 1.61 bits per heavy atom. The molecule has 244 valence electrons. The minimum atomic E-state index is -3.77. The third-order valence-electron chi connectivity index (χ3n) is 8.07. The fourth-order valence-corrected chi connectivity index (χ4v) is 7.60. The maximum absolute atomic E-state index is 14.2. The van der Waals surface area contributed by atoms with Gasteiger partial charge in [0.25, 0.3) is 0 Å². The molecule has 0 spiro atoms. The van der Waals surface area contributed by atoms with Crippen molar-refractivity contribution in [2.45, 2.75) is 102 Å². The second-order valence-electron chi connectivity index (χ2n) is 12.0. The van der Waals surface area contributed by atoms with E-state index in [-0.39, 0.29) is 36.9 Å². The quantitative estimate of drug-likeness (QED) is 0.227. The van der Waals surface area contributed by atoms with Crippen LogP contribution >= 0.6 is 0 Å². The van der Waals surface area contributed by atoms with E-state index in [0.29, 0.717) is 38.5 Å². The third kappa shape index (κ3) is 10.6. The number of aliphatic hydroxyl groups excluding tert-OH is 1. The molecule has 0 aromatic heterocycles. The van der Waals surface area contributed by atoms with Crippen LogP contribution in [0, 0.1) is 17.6 Å². The molecule has 2 aromatic rings. The average molecular weight is 636 g/mol. The summed E-state index contributed by atoms with van der Waals surface area (Å²) < 4.78 is 54.7. The lowest BCUT2D eigenvalue weighted by atomic mass is 10.0. The smallest absolute Gasteiger partial charge is 0.246 e. The second kappa shape index (κ2) is 16.4. The minimum Gasteiger partial charge on any atom is -0.390 e. The first-order valence-electron chi connectivity index (χ1n) is 15.6. The van der Waals surface area contributed by atoms with Crippen molar-refractivity contribution in [3.05, 3.63) is 70.8 Å². The van der Waals surface area contributed by atoms with Gasteiger partial charge in [-0.2, -0.15) is 0 Å². The van der Waals surface area contributed by atoms with Gasteiger partial charge in [-0.1, -0.05) is 57.9 Å². The molecule has 11 heteroatoms. The molecule has 4 N–H and O–H groups in total. The molecule has 0 saturated heterocycles. The van der Waals surface area contributed by atoms with Crippen molar-refractivity contribution in [3.63, 3.8) is 0 Å². The van der Waals surface area contributed by atoms with Crippen molar-refractivity contribution in [1.82, 2.24) is 10.2 Å². The first-order valence-corrected chi connectivity index (χ1v) is 17.3. The van der Waals surface area contributed by atoms with E-state index in [0.717, 1.165) is 35.7 Å². The monoisotopic (exact) mass is 635 g/mol. The molecule has 0 heterocycles. The highest BCUT2D eigenvalue weighted by Crippen LogP contribution is 2.29. The number of nitrogens with two attached hydrogens (primary N) is 1. The van der Waals surface area contributed by atoms with Crippen LogP contribution in [0.15, 0.2) is 42.5 Å². The summed E-state index contributed by atoms with van der Waals surface area (Å²) in [6, 6.07) is 8.22. The number of sulfone groups is 1. The highest BCUT2D eigenvalue weighted by atomic mass is 32.2. The zero-order valence-electron chi connectivity index (χ0n) is 26.0. The Balaban J connectivity index is 1.91. The summed E-state index contributed by atoms with van der Waals surface area (Å²) in [5.74, 6) is -3.34. The summed E-state index contributed by atoms with van der Waals surface area (Å²) in [5, 5.41) is 13.2. The van der Waals surface area contributed by atoms with Crippen LogP contribution in [-0.4, -0.2) is 66.0 Å². The van der Waals surface area contributed by atoms with E-state index in [1.165, 1.54) is 4.90 Å². The van der Waals surface area contributed by atoms with Gasteiger partial charge in [-0.15, -0.1) is 0 Å². The number of halogens is 2. The van der Waals surface area contributed by atoms with Crippen LogP contribution < -0.4 is 11.1 Å². The standard InChI is InChI=1S/C33H47F2N3O5S/c1-4-8-28(9-5-2)44(42,43)21-30(37-32(40)25-12-13-25)33(41)38(19-23-11-7-10-22(6-3)14-23)20-31(39)29(36)17-24-15-26(34)18-27(35)16-24/h7,10-11,14-16,18,25,28-31,39H,4-6,8-9,12-13,17,19-21,36H2,1-3H3,(H,37,40)/t29-,30+,31+/m0/s1. The van der Waals surface area contributed by atoms with Crippen molar-refractivity contribution >= 4 is 21.7 Å². The van der Waals surface area contributed by atoms with Crippen LogP contribution in [0.5, 0.6) is 0 Å². The van der Waals surface area contributed by atoms with E-state index < -0.39 is 56.6 Å². The van der Waals surface area contributed by atoms with Crippen molar-refractivity contribution in [1.29, 1.82) is 0 Å². The molecule has 0 unspecified atom stereocenters. The normalized spacial score (nSPS) is 15.5. The van der Waals surface area contributed by atoms with E-state index in [2.05, 4.69) is 5.32 Å². The van der Waals surface area contributed by atoms with Gasteiger partial charge in [-0.05, 0) is 67.3 Å². The first kappa shape index (κ1) is 35.6. The molecular weight excluding hydrogens is 588 g/mol. The lowest BCUT2D eigenvalue weighted by Crippen LogP contribution is -2.55. The highest BCUT2D eigenvalue weighted by molar-refractivity contribution is 7.92. The molecule has 1 aliphatic rings. The van der Waals surface area contributed by atoms with Gasteiger partial charge >= 0.3 is 0 Å². The Morgan fingerprint density at radius 1 is 1.00 bits per heavy atom. The Morgan fingerprint density at radius 3 is 2.18 bits per heavy atom. The number of carbonyl (C=O) groups excluding carboxylic acids is 2. The predicted octanol–water partition coefficient (Wildman–Crippen LogP) is 4.07. The summed E-state index contributed by atoms with van der Waals surface area (Å²) in [5.41, 5.74) is 8.29. The molecule has 2 amide bonds. The number of nitrogens with zero attached hydrogens (tertiary/aromatic N) is 1. The van der Waals surface area contributed by atoms with Gasteiger partial charge in [0.1, 0.15) is 17.7 Å². The molecule has 0 bridgehead atoms. The number of nitrogens with one attached hydrogen (secondary N) is 1. The SMILES string of the molecule is CCCC(CCC)S(=O)(=O)C[C@@H](NC(=O)C1CC1)C(=O)N(Cc1cccc(CC)c1)C[C@@H](O)[C@@H](N)Cc1cc(F)cc(F)c1. The zero-order chi connectivity index (χ0) is 32.4. The van der Waals surface area contributed by atoms with E-state index in [1.807, 2.05) is 45.0 Å². The van der Waals surface area contributed by atoms with Crippen LogP contribution in [0.2, 0.25) is 0 Å². The lowest BCUT2D eigenvalue weighted by molar-refractivity contribution is -0.138.